The van der Waals surface area contributed by atoms with Gasteiger partial charge in [-0.2, -0.15) is 0 Å². The zero-order valence-corrected chi connectivity index (χ0v) is 7.19. The lowest BCUT2D eigenvalue weighted by atomic mass is 10.2. The molecule has 0 aromatic heterocycles. The Morgan fingerprint density at radius 2 is 2.36 bits per heavy atom. The van der Waals surface area contributed by atoms with E-state index in [0.29, 0.717) is 13.0 Å². The lowest BCUT2D eigenvalue weighted by molar-refractivity contribution is -0.142. The van der Waals surface area contributed by atoms with Crippen LogP contribution < -0.4 is 11.1 Å². The smallest absolute Gasteiger partial charge is 0.322 e. The second kappa shape index (κ2) is 4.54. The van der Waals surface area contributed by atoms with Crippen LogP contribution in [0.3, 0.4) is 0 Å². The van der Waals surface area contributed by atoms with Crippen molar-refractivity contribution in [3.63, 3.8) is 0 Å². The summed E-state index contributed by atoms with van der Waals surface area (Å²) in [4.78, 5) is 10.8. The molecule has 3 N–H and O–H groups in total. The summed E-state index contributed by atoms with van der Waals surface area (Å²) in [6.07, 6.45) is 0.687. The van der Waals surface area contributed by atoms with Crippen LogP contribution in [0.2, 0.25) is 0 Å². The number of ether oxygens (including phenoxy) is 1. The molecule has 0 bridgehead atoms. The Morgan fingerprint density at radius 1 is 1.73 bits per heavy atom. The Labute approximate surface area is 71.9 Å². The fourth-order valence-corrected chi connectivity index (χ4v) is 1.08. The van der Waals surface area contributed by atoms with Gasteiger partial charge in [-0.25, -0.2) is 0 Å². The summed E-state index contributed by atoms with van der Waals surface area (Å²) >= 11 is 0. The average Bonchev–Trinajstić information content (AvgIpc) is 2.34. The second-order valence-corrected chi connectivity index (χ2v) is 2.48. The van der Waals surface area contributed by atoms with Crippen LogP contribution in [0.25, 0.3) is 0 Å². The van der Waals surface area contributed by atoms with Gasteiger partial charge in [0.05, 0.1) is 7.11 Å². The monoisotopic (exact) mass is 180 g/mol. The molecule has 1 rings (SSSR count). The van der Waals surface area contributed by atoms with E-state index in [1.54, 1.807) is 0 Å². The molecule has 0 aliphatic carbocycles. The van der Waals surface area contributed by atoms with E-state index in [9.17, 15) is 4.79 Å². The Balaban J connectivity index is 0.000001000. The van der Waals surface area contributed by atoms with Crippen LogP contribution in [0, 0.1) is 0 Å². The first-order valence-corrected chi connectivity index (χ1v) is 3.31. The molecule has 4 nitrogen and oxygen atoms in total. The molecule has 66 valence electrons. The minimum Gasteiger partial charge on any atom is -0.468 e. The van der Waals surface area contributed by atoms with E-state index in [1.165, 1.54) is 7.11 Å². The highest BCUT2D eigenvalue weighted by atomic mass is 35.5. The van der Waals surface area contributed by atoms with Crippen LogP contribution in [0.5, 0.6) is 0 Å². The highest BCUT2D eigenvalue weighted by Gasteiger charge is 2.27. The molecule has 1 aliphatic rings. The molecule has 0 spiro atoms. The zero-order valence-electron chi connectivity index (χ0n) is 6.37. The van der Waals surface area contributed by atoms with Gasteiger partial charge in [-0.15, -0.1) is 12.4 Å². The maximum atomic E-state index is 10.8. The molecular formula is C6H13ClN2O2. The Kier molecular flexibility index (Phi) is 4.40. The number of rotatable bonds is 1. The van der Waals surface area contributed by atoms with Gasteiger partial charge in [0, 0.05) is 12.6 Å². The van der Waals surface area contributed by atoms with Gasteiger partial charge in [0.15, 0.2) is 0 Å². The van der Waals surface area contributed by atoms with Gasteiger partial charge in [0.2, 0.25) is 0 Å². The topological polar surface area (TPSA) is 64.3 Å². The van der Waals surface area contributed by atoms with Crippen molar-refractivity contribution in [2.75, 3.05) is 13.7 Å². The van der Waals surface area contributed by atoms with Gasteiger partial charge in [-0.05, 0) is 6.42 Å². The summed E-state index contributed by atoms with van der Waals surface area (Å²) in [5, 5.41) is 2.96. The number of esters is 1. The number of nitrogens with two attached hydrogens (primary N) is 1. The number of methoxy groups -OCH3 is 1. The summed E-state index contributed by atoms with van der Waals surface area (Å²) in [6, 6.07) is -0.0795. The lowest BCUT2D eigenvalue weighted by Gasteiger charge is -2.05. The van der Waals surface area contributed by atoms with Crippen molar-refractivity contribution in [3.05, 3.63) is 0 Å². The molecule has 0 amide bonds. The Bertz CT molecular complexity index is 143. The van der Waals surface area contributed by atoms with Crippen molar-refractivity contribution in [1.82, 2.24) is 5.32 Å². The molecule has 0 aromatic carbocycles. The van der Waals surface area contributed by atoms with E-state index in [2.05, 4.69) is 10.1 Å². The molecule has 0 unspecified atom stereocenters. The van der Waals surface area contributed by atoms with E-state index >= 15 is 0 Å². The van der Waals surface area contributed by atoms with Gasteiger partial charge in [-0.1, -0.05) is 0 Å². The van der Waals surface area contributed by atoms with Gasteiger partial charge in [0.1, 0.15) is 6.04 Å². The second-order valence-electron chi connectivity index (χ2n) is 2.48. The van der Waals surface area contributed by atoms with Crippen molar-refractivity contribution in [3.8, 4) is 0 Å². The molecule has 11 heavy (non-hydrogen) atoms. The molecule has 1 heterocycles. The van der Waals surface area contributed by atoms with Crippen LogP contribution in [-0.4, -0.2) is 31.7 Å². The van der Waals surface area contributed by atoms with Gasteiger partial charge in [0.25, 0.3) is 0 Å². The van der Waals surface area contributed by atoms with Crippen LogP contribution in [0.4, 0.5) is 0 Å². The van der Waals surface area contributed by atoms with Gasteiger partial charge in [-0.3, -0.25) is 4.79 Å². The van der Waals surface area contributed by atoms with Crippen molar-refractivity contribution in [2.24, 2.45) is 5.73 Å². The van der Waals surface area contributed by atoms with E-state index in [4.69, 9.17) is 5.73 Å². The third-order valence-electron chi connectivity index (χ3n) is 1.65. The molecule has 0 radical (unpaired) electrons. The maximum absolute atomic E-state index is 10.8. The number of hydrogen-bond donors (Lipinski definition) is 2. The van der Waals surface area contributed by atoms with Crippen molar-refractivity contribution >= 4 is 18.4 Å². The quantitative estimate of drug-likeness (QED) is 0.523. The molecule has 1 fully saturated rings. The van der Waals surface area contributed by atoms with Crippen LogP contribution in [-0.2, 0) is 9.53 Å². The first-order valence-electron chi connectivity index (χ1n) is 3.31. The SMILES string of the molecule is COC(=O)[C@@H]1C[C@@H](N)CN1.Cl. The summed E-state index contributed by atoms with van der Waals surface area (Å²) in [5.74, 6) is -0.215. The maximum Gasteiger partial charge on any atom is 0.322 e. The largest absolute Gasteiger partial charge is 0.468 e. The minimum atomic E-state index is -0.215. The first-order chi connectivity index (χ1) is 4.74. The van der Waals surface area contributed by atoms with Crippen molar-refractivity contribution in [1.29, 1.82) is 0 Å². The fraction of sp³-hybridized carbons (Fsp3) is 0.833. The minimum absolute atomic E-state index is 0. The van der Waals surface area contributed by atoms with Crippen molar-refractivity contribution < 1.29 is 9.53 Å². The fourth-order valence-electron chi connectivity index (χ4n) is 1.08. The van der Waals surface area contributed by atoms with E-state index in [1.807, 2.05) is 0 Å². The number of carbonyl (C=O) groups is 1. The normalized spacial score (nSPS) is 29.3. The highest BCUT2D eigenvalue weighted by molar-refractivity contribution is 5.85. The third-order valence-corrected chi connectivity index (χ3v) is 1.65. The zero-order chi connectivity index (χ0) is 7.56. The standard InChI is InChI=1S/C6H12N2O2.ClH/c1-10-6(9)5-2-4(7)3-8-5;/h4-5,8H,2-3,7H2,1H3;1H/t4-,5+;/m1./s1. The third kappa shape index (κ3) is 2.65. The summed E-state index contributed by atoms with van der Waals surface area (Å²) in [5.41, 5.74) is 5.55. The number of nitrogens with one attached hydrogen (secondary N) is 1. The Hall–Kier alpha value is -0.320. The molecule has 1 saturated heterocycles. The average molecular weight is 181 g/mol. The predicted octanol–water partition coefficient (Wildman–Crippen LogP) is -0.730. The molecule has 5 heteroatoms. The molecular weight excluding hydrogens is 168 g/mol. The molecule has 2 atom stereocenters. The predicted molar refractivity (Wildman–Crippen MR) is 43.6 cm³/mol. The molecule has 0 saturated carbocycles. The molecule has 1 aliphatic heterocycles. The Morgan fingerprint density at radius 3 is 2.73 bits per heavy atom. The van der Waals surface area contributed by atoms with E-state index in [0.717, 1.165) is 0 Å². The first kappa shape index (κ1) is 10.7. The van der Waals surface area contributed by atoms with Crippen molar-refractivity contribution in [2.45, 2.75) is 18.5 Å². The molecule has 0 aromatic rings. The van der Waals surface area contributed by atoms with Crippen LogP contribution in [0.1, 0.15) is 6.42 Å². The number of hydrogen-bond acceptors (Lipinski definition) is 4. The van der Waals surface area contributed by atoms with Crippen LogP contribution in [0.15, 0.2) is 0 Å². The summed E-state index contributed by atoms with van der Waals surface area (Å²) < 4.78 is 4.53. The lowest BCUT2D eigenvalue weighted by Crippen LogP contribution is -2.31. The highest BCUT2D eigenvalue weighted by Crippen LogP contribution is 2.04. The number of halogens is 1. The van der Waals surface area contributed by atoms with Crippen LogP contribution >= 0.6 is 12.4 Å². The summed E-state index contributed by atoms with van der Waals surface area (Å²) in [7, 11) is 1.38. The van der Waals surface area contributed by atoms with E-state index < -0.39 is 0 Å². The van der Waals surface area contributed by atoms with Gasteiger partial charge >= 0.3 is 5.97 Å². The summed E-state index contributed by atoms with van der Waals surface area (Å²) in [6.45, 7) is 0.708. The van der Waals surface area contributed by atoms with Gasteiger partial charge < -0.3 is 15.8 Å². The van der Waals surface area contributed by atoms with E-state index in [-0.39, 0.29) is 30.5 Å². The number of carbonyl (C=O) groups excluding carboxylic acids is 1.